The first-order valence-corrected chi connectivity index (χ1v) is 24.6. The van der Waals surface area contributed by atoms with Crippen molar-refractivity contribution in [3.05, 3.63) is 72.9 Å². The van der Waals surface area contributed by atoms with Gasteiger partial charge in [0.1, 0.15) is 13.2 Å². The summed E-state index contributed by atoms with van der Waals surface area (Å²) in [4.78, 5) is 36.8. The monoisotopic (exact) mass is 870 g/mol. The van der Waals surface area contributed by atoms with Crippen LogP contribution in [0.2, 0.25) is 0 Å². The van der Waals surface area contributed by atoms with Crippen LogP contribution >= 0.6 is 0 Å². The minimum Gasteiger partial charge on any atom is -0.545 e. The van der Waals surface area contributed by atoms with E-state index in [4.69, 9.17) is 18.9 Å². The third kappa shape index (κ3) is 44.8. The van der Waals surface area contributed by atoms with Crippen LogP contribution in [-0.4, -0.2) is 82.3 Å². The molecule has 2 atom stereocenters. The molecule has 0 saturated heterocycles. The number of allylic oxidation sites excluding steroid dienone is 12. The van der Waals surface area contributed by atoms with Crippen molar-refractivity contribution in [2.45, 2.75) is 200 Å². The van der Waals surface area contributed by atoms with Crippen molar-refractivity contribution in [1.29, 1.82) is 0 Å². The Morgan fingerprint density at radius 3 is 1.37 bits per heavy atom. The molecule has 0 radical (unpaired) electrons. The number of carbonyl (C=O) groups is 3. The van der Waals surface area contributed by atoms with E-state index in [-0.39, 0.29) is 38.6 Å². The number of hydrogen-bond donors (Lipinski definition) is 0. The summed E-state index contributed by atoms with van der Waals surface area (Å²) >= 11 is 0. The topological polar surface area (TPSA) is 111 Å². The van der Waals surface area contributed by atoms with Gasteiger partial charge >= 0.3 is 11.9 Å². The number of carboxylic acids is 1. The zero-order valence-corrected chi connectivity index (χ0v) is 40.2. The highest BCUT2D eigenvalue weighted by atomic mass is 16.7. The fraction of sp³-hybridized carbons (Fsp3) is 0.717. The number of rotatable bonds is 44. The van der Waals surface area contributed by atoms with Gasteiger partial charge in [-0.3, -0.25) is 9.59 Å². The van der Waals surface area contributed by atoms with E-state index in [0.717, 1.165) is 83.5 Å². The number of aliphatic carboxylic acids is 1. The molecule has 0 aliphatic rings. The summed E-state index contributed by atoms with van der Waals surface area (Å²) in [5, 5.41) is 11.7. The normalized spacial score (nSPS) is 13.5. The van der Waals surface area contributed by atoms with Crippen molar-refractivity contribution in [1.82, 2.24) is 0 Å². The van der Waals surface area contributed by atoms with E-state index in [1.54, 1.807) is 0 Å². The number of quaternary nitrogens is 1. The predicted octanol–water partition coefficient (Wildman–Crippen LogP) is 12.2. The van der Waals surface area contributed by atoms with E-state index < -0.39 is 24.3 Å². The molecule has 356 valence electrons. The van der Waals surface area contributed by atoms with Crippen LogP contribution in [0.4, 0.5) is 0 Å². The second-order valence-electron chi connectivity index (χ2n) is 17.4. The maximum Gasteiger partial charge on any atom is 0.306 e. The van der Waals surface area contributed by atoms with Crippen molar-refractivity contribution in [3.63, 3.8) is 0 Å². The first-order chi connectivity index (χ1) is 30.1. The Balaban J connectivity index is 4.08. The predicted molar refractivity (Wildman–Crippen MR) is 255 cm³/mol. The van der Waals surface area contributed by atoms with Crippen LogP contribution in [0.1, 0.15) is 187 Å². The summed E-state index contributed by atoms with van der Waals surface area (Å²) < 4.78 is 22.4. The summed E-state index contributed by atoms with van der Waals surface area (Å²) in [7, 11) is 5.90. The Labute approximate surface area is 379 Å². The van der Waals surface area contributed by atoms with Gasteiger partial charge in [0.15, 0.2) is 12.4 Å². The van der Waals surface area contributed by atoms with Gasteiger partial charge in [-0.25, -0.2) is 0 Å². The largest absolute Gasteiger partial charge is 0.545 e. The molecule has 0 rings (SSSR count). The maximum atomic E-state index is 12.7. The third-order valence-corrected chi connectivity index (χ3v) is 10.2. The van der Waals surface area contributed by atoms with Gasteiger partial charge in [-0.15, -0.1) is 0 Å². The smallest absolute Gasteiger partial charge is 0.306 e. The van der Waals surface area contributed by atoms with Crippen LogP contribution < -0.4 is 5.11 Å². The molecule has 0 aromatic heterocycles. The molecule has 0 N–H and O–H groups in total. The van der Waals surface area contributed by atoms with Crippen LogP contribution in [0.3, 0.4) is 0 Å². The van der Waals surface area contributed by atoms with E-state index in [1.165, 1.54) is 70.6 Å². The van der Waals surface area contributed by atoms with E-state index in [1.807, 2.05) is 21.1 Å². The molecule has 0 heterocycles. The molecule has 0 aliphatic heterocycles. The van der Waals surface area contributed by atoms with Crippen LogP contribution in [0, 0.1) is 0 Å². The Hall–Kier alpha value is -3.27. The SMILES string of the molecule is CC/C=C\C/C=C\C/C=C\C/C=C\C/C=C\C/C=C\CCCCCCCCCCCCCCC(=O)OC(COC(=O)CCCCCCCC)COC(OCC[N+](C)(C)C)C(=O)[O-]. The lowest BCUT2D eigenvalue weighted by atomic mass is 10.0. The highest BCUT2D eigenvalue weighted by molar-refractivity contribution is 5.70. The first kappa shape index (κ1) is 58.7. The Bertz CT molecular complexity index is 1240. The quantitative estimate of drug-likeness (QED) is 0.0196. The minimum absolute atomic E-state index is 0.146. The lowest BCUT2D eigenvalue weighted by Gasteiger charge is -2.26. The molecule has 9 nitrogen and oxygen atoms in total. The molecular weight excluding hydrogens is 779 g/mol. The zero-order chi connectivity index (χ0) is 45.6. The Kier molecular flexibility index (Phi) is 42.0. The van der Waals surface area contributed by atoms with Gasteiger partial charge in [-0.05, 0) is 64.2 Å². The van der Waals surface area contributed by atoms with Gasteiger partial charge in [-0.2, -0.15) is 0 Å². The fourth-order valence-corrected chi connectivity index (χ4v) is 6.42. The van der Waals surface area contributed by atoms with Crippen molar-refractivity contribution in [3.8, 4) is 0 Å². The van der Waals surface area contributed by atoms with E-state index in [2.05, 4.69) is 86.8 Å². The van der Waals surface area contributed by atoms with Gasteiger partial charge in [0.2, 0.25) is 0 Å². The van der Waals surface area contributed by atoms with Gasteiger partial charge < -0.3 is 33.3 Å². The fourth-order valence-electron chi connectivity index (χ4n) is 6.42. The lowest BCUT2D eigenvalue weighted by Crippen LogP contribution is -2.44. The molecule has 0 aromatic carbocycles. The maximum absolute atomic E-state index is 12.7. The average Bonchev–Trinajstić information content (AvgIpc) is 3.23. The molecule has 0 saturated carbocycles. The van der Waals surface area contributed by atoms with E-state index in [9.17, 15) is 19.5 Å². The molecule has 0 bridgehead atoms. The summed E-state index contributed by atoms with van der Waals surface area (Å²) in [5.41, 5.74) is 0. The molecule has 0 aliphatic carbocycles. The molecule has 62 heavy (non-hydrogen) atoms. The third-order valence-electron chi connectivity index (χ3n) is 10.2. The summed E-state index contributed by atoms with van der Waals surface area (Å²) in [6.45, 7) is 4.54. The average molecular weight is 870 g/mol. The zero-order valence-electron chi connectivity index (χ0n) is 40.2. The number of carboxylic acid groups (broad SMARTS) is 1. The number of likely N-dealkylation sites (N-methyl/N-ethyl adjacent to an activating group) is 1. The molecule has 9 heteroatoms. The number of ether oxygens (including phenoxy) is 4. The summed E-state index contributed by atoms with van der Waals surface area (Å²) in [6, 6.07) is 0. The molecule has 0 amide bonds. The van der Waals surface area contributed by atoms with Crippen LogP contribution in [-0.2, 0) is 33.3 Å². The number of esters is 2. The minimum atomic E-state index is -1.62. The van der Waals surface area contributed by atoms with Crippen molar-refractivity contribution in [2.24, 2.45) is 0 Å². The lowest BCUT2D eigenvalue weighted by molar-refractivity contribution is -0.870. The highest BCUT2D eigenvalue weighted by Gasteiger charge is 2.21. The second-order valence-corrected chi connectivity index (χ2v) is 17.4. The molecule has 2 unspecified atom stereocenters. The van der Waals surface area contributed by atoms with Gasteiger partial charge in [0, 0.05) is 12.8 Å². The molecule has 0 fully saturated rings. The van der Waals surface area contributed by atoms with Gasteiger partial charge in [0.25, 0.3) is 0 Å². The Morgan fingerprint density at radius 1 is 0.500 bits per heavy atom. The van der Waals surface area contributed by atoms with Crippen LogP contribution in [0.25, 0.3) is 0 Å². The standard InChI is InChI=1S/C53H91NO8/c1-6-8-10-12-14-15-16-17-18-19-20-21-22-23-24-25-26-27-28-29-30-31-32-33-34-35-36-37-38-40-42-44-51(56)62-49(47-60-50(55)43-41-39-13-11-9-7-2)48-61-53(52(57)58)59-46-45-54(3,4)5/h8,10,14-15,17-18,20-21,23-24,26-27,49,53H,6-7,9,11-13,16,19,22,25,28-48H2,1-5H3/b10-8-,15-14-,18-17-,21-20-,24-23-,27-26-. The number of nitrogens with zero attached hydrogens (tertiary/aromatic N) is 1. The second kappa shape index (κ2) is 44.3. The van der Waals surface area contributed by atoms with Crippen LogP contribution in [0.5, 0.6) is 0 Å². The highest BCUT2D eigenvalue weighted by Crippen LogP contribution is 2.14. The first-order valence-electron chi connectivity index (χ1n) is 24.6. The number of hydrogen-bond acceptors (Lipinski definition) is 8. The van der Waals surface area contributed by atoms with E-state index >= 15 is 0 Å². The van der Waals surface area contributed by atoms with E-state index in [0.29, 0.717) is 17.4 Å². The molecule has 0 aromatic rings. The van der Waals surface area contributed by atoms with Crippen molar-refractivity contribution < 1.29 is 42.9 Å². The molecule has 0 spiro atoms. The van der Waals surface area contributed by atoms with Gasteiger partial charge in [-0.1, -0.05) is 183 Å². The summed E-state index contributed by atoms with van der Waals surface area (Å²) in [5.74, 6) is -2.30. The van der Waals surface area contributed by atoms with Gasteiger partial charge in [0.05, 0.1) is 40.3 Å². The number of carbonyl (C=O) groups excluding carboxylic acids is 3. The van der Waals surface area contributed by atoms with Crippen molar-refractivity contribution in [2.75, 3.05) is 47.5 Å². The van der Waals surface area contributed by atoms with Crippen molar-refractivity contribution >= 4 is 17.9 Å². The molecular formula is C53H91NO8. The number of unbranched alkanes of at least 4 members (excludes halogenated alkanes) is 17. The van der Waals surface area contributed by atoms with Crippen LogP contribution in [0.15, 0.2) is 72.9 Å². The Morgan fingerprint density at radius 2 is 0.919 bits per heavy atom. The summed E-state index contributed by atoms with van der Waals surface area (Å²) in [6.07, 6.45) is 52.7.